The molecule has 8 nitrogen and oxygen atoms in total. The highest BCUT2D eigenvalue weighted by molar-refractivity contribution is 5.78. The third-order valence-electron chi connectivity index (χ3n) is 3.51. The van der Waals surface area contributed by atoms with Crippen molar-refractivity contribution >= 4 is 23.1 Å². The van der Waals surface area contributed by atoms with Gasteiger partial charge in [-0.15, -0.1) is 5.10 Å². The van der Waals surface area contributed by atoms with Crippen LogP contribution in [0.2, 0.25) is 0 Å². The van der Waals surface area contributed by atoms with E-state index in [0.29, 0.717) is 42.8 Å². The molecular weight excluding hydrogens is 331 g/mol. The van der Waals surface area contributed by atoms with E-state index in [4.69, 9.17) is 9.84 Å². The first-order valence-electron chi connectivity index (χ1n) is 7.10. The highest BCUT2D eigenvalue weighted by atomic mass is 19.4. The minimum atomic E-state index is -4.62. The minimum absolute atomic E-state index is 0.0828. The number of carbonyl (C=O) groups is 1. The number of aliphatic carboxylic acids is 1. The maximum absolute atomic E-state index is 13.1. The SMILES string of the molecule is O=C(O)CNc1cc(N2CCOCC2)nn2c(C(F)(F)F)cnc12. The van der Waals surface area contributed by atoms with E-state index in [2.05, 4.69) is 15.4 Å². The summed E-state index contributed by atoms with van der Waals surface area (Å²) in [6, 6.07) is 1.50. The Morgan fingerprint density at radius 1 is 1.38 bits per heavy atom. The average molecular weight is 345 g/mol. The highest BCUT2D eigenvalue weighted by Gasteiger charge is 2.36. The third-order valence-corrected chi connectivity index (χ3v) is 3.51. The first-order chi connectivity index (χ1) is 11.4. The van der Waals surface area contributed by atoms with E-state index in [-0.39, 0.29) is 11.3 Å². The molecule has 3 heterocycles. The van der Waals surface area contributed by atoms with Gasteiger partial charge in [-0.3, -0.25) is 4.79 Å². The molecular formula is C13H14F3N5O3. The lowest BCUT2D eigenvalue weighted by Crippen LogP contribution is -2.37. The average Bonchev–Trinajstić information content (AvgIpc) is 2.97. The van der Waals surface area contributed by atoms with Gasteiger partial charge in [0.2, 0.25) is 0 Å². The predicted octanol–water partition coefficient (Wildman–Crippen LogP) is 1.08. The maximum atomic E-state index is 13.1. The predicted molar refractivity (Wildman–Crippen MR) is 77.1 cm³/mol. The van der Waals surface area contributed by atoms with E-state index < -0.39 is 24.4 Å². The highest BCUT2D eigenvalue weighted by Crippen LogP contribution is 2.32. The Labute approximate surface area is 133 Å². The molecule has 1 aliphatic heterocycles. The quantitative estimate of drug-likeness (QED) is 0.857. The molecule has 2 aromatic rings. The topological polar surface area (TPSA) is 92.0 Å². The molecule has 0 saturated carbocycles. The van der Waals surface area contributed by atoms with Crippen LogP contribution >= 0.6 is 0 Å². The lowest BCUT2D eigenvalue weighted by atomic mass is 10.3. The molecule has 1 aliphatic rings. The van der Waals surface area contributed by atoms with Gasteiger partial charge in [0, 0.05) is 19.2 Å². The number of imidazole rings is 1. The fraction of sp³-hybridized carbons (Fsp3) is 0.462. The lowest BCUT2D eigenvalue weighted by Gasteiger charge is -2.28. The van der Waals surface area contributed by atoms with Crippen LogP contribution in [-0.2, 0) is 15.7 Å². The summed E-state index contributed by atoms with van der Waals surface area (Å²) in [7, 11) is 0. The number of anilines is 2. The number of aromatic nitrogens is 3. The van der Waals surface area contributed by atoms with Crippen molar-refractivity contribution in [2.24, 2.45) is 0 Å². The standard InChI is InChI=1S/C13H14F3N5O3/c14-13(15,16)9-6-18-12-8(17-7-11(22)23)5-10(19-21(9)12)20-1-3-24-4-2-20/h5-6,17H,1-4,7H2,(H,22,23). The smallest absolute Gasteiger partial charge is 0.435 e. The number of alkyl halides is 3. The second-order valence-corrected chi connectivity index (χ2v) is 5.14. The number of nitrogens with one attached hydrogen (secondary N) is 1. The molecule has 0 atom stereocenters. The molecule has 0 bridgehead atoms. The van der Waals surface area contributed by atoms with E-state index in [1.807, 2.05) is 0 Å². The molecule has 0 aromatic carbocycles. The van der Waals surface area contributed by atoms with Crippen molar-refractivity contribution in [1.82, 2.24) is 14.6 Å². The minimum Gasteiger partial charge on any atom is -0.480 e. The van der Waals surface area contributed by atoms with Gasteiger partial charge in [-0.2, -0.15) is 13.2 Å². The summed E-state index contributed by atoms with van der Waals surface area (Å²) in [5.41, 5.74) is -0.934. The number of carboxylic acids is 1. The van der Waals surface area contributed by atoms with Crippen LogP contribution in [0.15, 0.2) is 12.3 Å². The van der Waals surface area contributed by atoms with Crippen molar-refractivity contribution in [3.63, 3.8) is 0 Å². The molecule has 130 valence electrons. The number of nitrogens with zero attached hydrogens (tertiary/aromatic N) is 4. The molecule has 2 N–H and O–H groups in total. The van der Waals surface area contributed by atoms with Gasteiger partial charge in [0.25, 0.3) is 0 Å². The molecule has 0 amide bonds. The van der Waals surface area contributed by atoms with Crippen LogP contribution in [0.1, 0.15) is 5.69 Å². The zero-order valence-corrected chi connectivity index (χ0v) is 12.4. The molecule has 0 spiro atoms. The van der Waals surface area contributed by atoms with Crippen molar-refractivity contribution in [3.8, 4) is 0 Å². The number of carboxylic acid groups (broad SMARTS) is 1. The van der Waals surface area contributed by atoms with Crippen molar-refractivity contribution in [2.75, 3.05) is 43.1 Å². The van der Waals surface area contributed by atoms with Gasteiger partial charge in [-0.05, 0) is 0 Å². The Balaban J connectivity index is 2.09. The van der Waals surface area contributed by atoms with Gasteiger partial charge in [-0.1, -0.05) is 0 Å². The van der Waals surface area contributed by atoms with Crippen molar-refractivity contribution in [2.45, 2.75) is 6.18 Å². The Hall–Kier alpha value is -2.56. The molecule has 1 saturated heterocycles. The summed E-state index contributed by atoms with van der Waals surface area (Å²) < 4.78 is 45.3. The lowest BCUT2D eigenvalue weighted by molar-refractivity contribution is -0.142. The van der Waals surface area contributed by atoms with E-state index in [9.17, 15) is 18.0 Å². The number of rotatable bonds is 4. The van der Waals surface area contributed by atoms with E-state index in [0.717, 1.165) is 0 Å². The largest absolute Gasteiger partial charge is 0.480 e. The van der Waals surface area contributed by atoms with Crippen LogP contribution in [0.4, 0.5) is 24.7 Å². The Morgan fingerprint density at radius 2 is 2.08 bits per heavy atom. The van der Waals surface area contributed by atoms with E-state index in [1.54, 1.807) is 4.90 Å². The van der Waals surface area contributed by atoms with Crippen LogP contribution in [0.25, 0.3) is 5.65 Å². The van der Waals surface area contributed by atoms with Gasteiger partial charge in [0.1, 0.15) is 6.54 Å². The number of morpholine rings is 1. The maximum Gasteiger partial charge on any atom is 0.435 e. The number of hydrogen-bond acceptors (Lipinski definition) is 6. The number of fused-ring (bicyclic) bond motifs is 1. The molecule has 0 radical (unpaired) electrons. The van der Waals surface area contributed by atoms with Crippen molar-refractivity contribution in [1.29, 1.82) is 0 Å². The van der Waals surface area contributed by atoms with Gasteiger partial charge in [0.15, 0.2) is 17.2 Å². The molecule has 11 heteroatoms. The van der Waals surface area contributed by atoms with Gasteiger partial charge < -0.3 is 20.1 Å². The van der Waals surface area contributed by atoms with Crippen molar-refractivity contribution < 1.29 is 27.8 Å². The van der Waals surface area contributed by atoms with E-state index >= 15 is 0 Å². The van der Waals surface area contributed by atoms with Gasteiger partial charge in [0.05, 0.1) is 25.1 Å². The molecule has 0 unspecified atom stereocenters. The summed E-state index contributed by atoms with van der Waals surface area (Å²) >= 11 is 0. The summed E-state index contributed by atoms with van der Waals surface area (Å²) in [5.74, 6) is -0.845. The third kappa shape index (κ3) is 3.20. The van der Waals surface area contributed by atoms with Crippen LogP contribution in [0, 0.1) is 0 Å². The van der Waals surface area contributed by atoms with Gasteiger partial charge in [-0.25, -0.2) is 9.50 Å². The van der Waals surface area contributed by atoms with Crippen LogP contribution in [0.5, 0.6) is 0 Å². The molecule has 24 heavy (non-hydrogen) atoms. The first-order valence-corrected chi connectivity index (χ1v) is 7.10. The molecule has 1 fully saturated rings. The summed E-state index contributed by atoms with van der Waals surface area (Å²) in [4.78, 5) is 16.3. The Bertz CT molecular complexity index is 755. The zero-order chi connectivity index (χ0) is 17.3. The summed E-state index contributed by atoms with van der Waals surface area (Å²) in [6.45, 7) is 1.39. The Morgan fingerprint density at radius 3 is 2.71 bits per heavy atom. The normalized spacial score (nSPS) is 15.7. The zero-order valence-electron chi connectivity index (χ0n) is 12.4. The molecule has 3 rings (SSSR count). The van der Waals surface area contributed by atoms with Crippen LogP contribution < -0.4 is 10.2 Å². The summed E-state index contributed by atoms with van der Waals surface area (Å²) in [5, 5.41) is 15.4. The fourth-order valence-corrected chi connectivity index (χ4v) is 2.40. The Kier molecular flexibility index (Phi) is 4.18. The monoisotopic (exact) mass is 345 g/mol. The van der Waals surface area contributed by atoms with Crippen LogP contribution in [0.3, 0.4) is 0 Å². The molecule has 0 aliphatic carbocycles. The summed E-state index contributed by atoms with van der Waals surface area (Å²) in [6.07, 6.45) is -3.95. The number of hydrogen-bond donors (Lipinski definition) is 2. The second-order valence-electron chi connectivity index (χ2n) is 5.14. The van der Waals surface area contributed by atoms with Crippen molar-refractivity contribution in [3.05, 3.63) is 18.0 Å². The van der Waals surface area contributed by atoms with Gasteiger partial charge >= 0.3 is 12.1 Å². The van der Waals surface area contributed by atoms with E-state index in [1.165, 1.54) is 6.07 Å². The fourth-order valence-electron chi connectivity index (χ4n) is 2.40. The number of halogens is 3. The van der Waals surface area contributed by atoms with Crippen LogP contribution in [-0.4, -0.2) is 58.5 Å². The second kappa shape index (κ2) is 6.15. The molecule has 2 aromatic heterocycles. The first kappa shape index (κ1) is 16.3. The number of ether oxygens (including phenoxy) is 1.